The molecule has 1 aromatic heterocycles. The van der Waals surface area contributed by atoms with Crippen LogP contribution in [0.15, 0.2) is 24.3 Å². The van der Waals surface area contributed by atoms with Gasteiger partial charge in [0.1, 0.15) is 11.5 Å². The van der Waals surface area contributed by atoms with Gasteiger partial charge in [-0.3, -0.25) is 0 Å². The number of nitrogens with zero attached hydrogens (tertiary/aromatic N) is 3. The Morgan fingerprint density at radius 3 is 2.80 bits per heavy atom. The van der Waals surface area contributed by atoms with Crippen LogP contribution in [0.3, 0.4) is 0 Å². The third-order valence-electron chi connectivity index (χ3n) is 2.19. The second kappa shape index (κ2) is 3.78. The monoisotopic (exact) mass is 207 g/mol. The molecule has 2 aromatic rings. The fourth-order valence-corrected chi connectivity index (χ4v) is 1.38. The van der Waals surface area contributed by atoms with Crippen LogP contribution in [0.2, 0.25) is 0 Å². The molecule has 0 saturated carbocycles. The van der Waals surface area contributed by atoms with E-state index in [9.17, 15) is 4.39 Å². The number of benzene rings is 1. The summed E-state index contributed by atoms with van der Waals surface area (Å²) in [6.45, 7) is 1.50. The molecule has 0 saturated heterocycles. The molecule has 0 aliphatic heterocycles. The predicted molar refractivity (Wildman–Crippen MR) is 52.0 cm³/mol. The van der Waals surface area contributed by atoms with Crippen molar-refractivity contribution in [3.8, 4) is 5.69 Å². The molecule has 0 amide bonds. The van der Waals surface area contributed by atoms with Gasteiger partial charge in [0, 0.05) is 0 Å². The Morgan fingerprint density at radius 2 is 2.13 bits per heavy atom. The first kappa shape index (κ1) is 9.79. The molecule has 0 spiro atoms. The van der Waals surface area contributed by atoms with E-state index in [1.165, 1.54) is 10.7 Å². The molecule has 0 radical (unpaired) electrons. The van der Waals surface area contributed by atoms with Gasteiger partial charge in [0.2, 0.25) is 0 Å². The molecule has 0 bridgehead atoms. The van der Waals surface area contributed by atoms with Crippen molar-refractivity contribution >= 4 is 0 Å². The van der Waals surface area contributed by atoms with Crippen LogP contribution in [0, 0.1) is 12.7 Å². The smallest absolute Gasteiger partial charge is 0.148 e. The molecule has 5 heteroatoms. The quantitative estimate of drug-likeness (QED) is 0.805. The lowest BCUT2D eigenvalue weighted by Crippen LogP contribution is -2.04. The van der Waals surface area contributed by atoms with Gasteiger partial charge < -0.3 is 5.11 Å². The van der Waals surface area contributed by atoms with Gasteiger partial charge >= 0.3 is 0 Å². The van der Waals surface area contributed by atoms with Crippen molar-refractivity contribution in [1.29, 1.82) is 0 Å². The number of rotatable bonds is 2. The summed E-state index contributed by atoms with van der Waals surface area (Å²) in [5, 5.41) is 16.7. The van der Waals surface area contributed by atoms with Crippen molar-refractivity contribution < 1.29 is 9.50 Å². The number of aliphatic hydroxyl groups is 1. The van der Waals surface area contributed by atoms with Gasteiger partial charge in [-0.05, 0) is 19.1 Å². The second-order valence-electron chi connectivity index (χ2n) is 3.14. The maximum Gasteiger partial charge on any atom is 0.148 e. The zero-order valence-corrected chi connectivity index (χ0v) is 8.18. The van der Waals surface area contributed by atoms with Crippen LogP contribution < -0.4 is 0 Å². The molecule has 2 rings (SSSR count). The zero-order chi connectivity index (χ0) is 10.8. The van der Waals surface area contributed by atoms with E-state index in [-0.39, 0.29) is 6.61 Å². The standard InChI is InChI=1S/C10H10FN3O/c1-7-10(6-15)14(13-12-7)9-5-3-2-4-8(9)11/h2-5,15H,6H2,1H3. The lowest BCUT2D eigenvalue weighted by atomic mass is 10.3. The van der Waals surface area contributed by atoms with E-state index in [0.29, 0.717) is 17.1 Å². The van der Waals surface area contributed by atoms with Crippen LogP contribution >= 0.6 is 0 Å². The minimum atomic E-state index is -0.392. The molecule has 78 valence electrons. The lowest BCUT2D eigenvalue weighted by Gasteiger charge is -2.05. The summed E-state index contributed by atoms with van der Waals surface area (Å²) < 4.78 is 14.7. The van der Waals surface area contributed by atoms with Crippen LogP contribution in [0.5, 0.6) is 0 Å². The van der Waals surface area contributed by atoms with Gasteiger partial charge in [0.25, 0.3) is 0 Å². The Labute approximate surface area is 86.0 Å². The molecule has 4 nitrogen and oxygen atoms in total. The first-order valence-corrected chi connectivity index (χ1v) is 4.51. The van der Waals surface area contributed by atoms with E-state index < -0.39 is 5.82 Å². The van der Waals surface area contributed by atoms with Crippen LogP contribution in [-0.4, -0.2) is 20.1 Å². The summed E-state index contributed by atoms with van der Waals surface area (Å²) in [6.07, 6.45) is 0. The summed E-state index contributed by atoms with van der Waals surface area (Å²) in [7, 11) is 0. The molecule has 0 aliphatic carbocycles. The maximum atomic E-state index is 13.4. The zero-order valence-electron chi connectivity index (χ0n) is 8.18. The van der Waals surface area contributed by atoms with Crippen LogP contribution in [0.1, 0.15) is 11.4 Å². The number of hydrogen-bond acceptors (Lipinski definition) is 3. The maximum absolute atomic E-state index is 13.4. The third kappa shape index (κ3) is 1.61. The fourth-order valence-electron chi connectivity index (χ4n) is 1.38. The predicted octanol–water partition coefficient (Wildman–Crippen LogP) is 1.21. The van der Waals surface area contributed by atoms with E-state index in [1.807, 2.05) is 0 Å². The number of para-hydroxylation sites is 1. The fraction of sp³-hybridized carbons (Fsp3) is 0.200. The minimum Gasteiger partial charge on any atom is -0.390 e. The third-order valence-corrected chi connectivity index (χ3v) is 2.19. The van der Waals surface area contributed by atoms with Crippen molar-refractivity contribution in [2.75, 3.05) is 0 Å². The minimum absolute atomic E-state index is 0.215. The molecule has 0 fully saturated rings. The van der Waals surface area contributed by atoms with Gasteiger partial charge in [-0.15, -0.1) is 5.10 Å². The molecule has 15 heavy (non-hydrogen) atoms. The van der Waals surface area contributed by atoms with E-state index in [1.54, 1.807) is 25.1 Å². The molecular weight excluding hydrogens is 197 g/mol. The Morgan fingerprint density at radius 1 is 1.40 bits per heavy atom. The average molecular weight is 207 g/mol. The number of aliphatic hydroxyl groups excluding tert-OH is 1. The Hall–Kier alpha value is -1.75. The van der Waals surface area contributed by atoms with E-state index in [4.69, 9.17) is 5.11 Å². The number of halogens is 1. The summed E-state index contributed by atoms with van der Waals surface area (Å²) in [5.41, 5.74) is 1.39. The van der Waals surface area contributed by atoms with Crippen LogP contribution in [-0.2, 0) is 6.61 Å². The van der Waals surface area contributed by atoms with Crippen molar-refractivity contribution in [2.45, 2.75) is 13.5 Å². The van der Waals surface area contributed by atoms with Crippen LogP contribution in [0.25, 0.3) is 5.69 Å². The Balaban J connectivity index is 2.59. The molecular formula is C10H10FN3O. The van der Waals surface area contributed by atoms with Crippen LogP contribution in [0.4, 0.5) is 4.39 Å². The van der Waals surface area contributed by atoms with Gasteiger partial charge in [0.05, 0.1) is 18.0 Å². The first-order chi connectivity index (χ1) is 7.24. The van der Waals surface area contributed by atoms with Crippen molar-refractivity contribution in [3.63, 3.8) is 0 Å². The largest absolute Gasteiger partial charge is 0.390 e. The summed E-state index contributed by atoms with van der Waals surface area (Å²) in [4.78, 5) is 0. The molecule has 1 aromatic carbocycles. The van der Waals surface area contributed by atoms with Gasteiger partial charge in [-0.25, -0.2) is 9.07 Å². The van der Waals surface area contributed by atoms with Crippen molar-refractivity contribution in [2.24, 2.45) is 0 Å². The highest BCUT2D eigenvalue weighted by Gasteiger charge is 2.12. The van der Waals surface area contributed by atoms with Gasteiger partial charge in [-0.2, -0.15) is 0 Å². The van der Waals surface area contributed by atoms with E-state index in [2.05, 4.69) is 10.3 Å². The Kier molecular flexibility index (Phi) is 2.47. The molecule has 0 atom stereocenters. The summed E-state index contributed by atoms with van der Waals surface area (Å²) in [5.74, 6) is -0.392. The molecule has 1 N–H and O–H groups in total. The summed E-state index contributed by atoms with van der Waals surface area (Å²) >= 11 is 0. The highest BCUT2D eigenvalue weighted by molar-refractivity contribution is 5.34. The van der Waals surface area contributed by atoms with E-state index in [0.717, 1.165) is 0 Å². The highest BCUT2D eigenvalue weighted by atomic mass is 19.1. The van der Waals surface area contributed by atoms with E-state index >= 15 is 0 Å². The first-order valence-electron chi connectivity index (χ1n) is 4.51. The van der Waals surface area contributed by atoms with Crippen molar-refractivity contribution in [3.05, 3.63) is 41.5 Å². The molecule has 0 unspecified atom stereocenters. The topological polar surface area (TPSA) is 50.9 Å². The summed E-state index contributed by atoms with van der Waals surface area (Å²) in [6, 6.07) is 6.23. The number of hydrogen-bond donors (Lipinski definition) is 1. The highest BCUT2D eigenvalue weighted by Crippen LogP contribution is 2.15. The second-order valence-corrected chi connectivity index (χ2v) is 3.14. The Bertz CT molecular complexity index is 481. The van der Waals surface area contributed by atoms with Gasteiger partial charge in [-0.1, -0.05) is 17.3 Å². The molecule has 1 heterocycles. The number of aromatic nitrogens is 3. The van der Waals surface area contributed by atoms with Crippen molar-refractivity contribution in [1.82, 2.24) is 15.0 Å². The normalized spacial score (nSPS) is 10.6. The van der Waals surface area contributed by atoms with Gasteiger partial charge in [0.15, 0.2) is 0 Å². The lowest BCUT2D eigenvalue weighted by molar-refractivity contribution is 0.272. The molecule has 0 aliphatic rings. The number of aryl methyl sites for hydroxylation is 1. The SMILES string of the molecule is Cc1nnn(-c2ccccc2F)c1CO. The average Bonchev–Trinajstić information content (AvgIpc) is 2.60.